The molecule has 2 heteroatoms. The molecule has 220 valence electrons. The lowest BCUT2D eigenvalue weighted by atomic mass is 9.74. The minimum atomic E-state index is -0.390. The summed E-state index contributed by atoms with van der Waals surface area (Å²) in [5.74, 6) is 0. The zero-order valence-corrected chi connectivity index (χ0v) is 26.4. The maximum absolute atomic E-state index is 2.48. The number of anilines is 3. The summed E-state index contributed by atoms with van der Waals surface area (Å²) in [7, 11) is 0. The van der Waals surface area contributed by atoms with E-state index in [0.717, 1.165) is 11.4 Å². The van der Waals surface area contributed by atoms with Gasteiger partial charge in [-0.05, 0) is 63.7 Å². The first-order chi connectivity index (χ1) is 23.4. The van der Waals surface area contributed by atoms with E-state index in [0.29, 0.717) is 0 Å². The molecule has 1 unspecified atom stereocenters. The third kappa shape index (κ3) is 3.59. The number of benzene rings is 7. The van der Waals surface area contributed by atoms with Crippen molar-refractivity contribution in [2.24, 2.45) is 0 Å². The van der Waals surface area contributed by atoms with Gasteiger partial charge in [-0.3, -0.25) is 0 Å². The van der Waals surface area contributed by atoms with E-state index in [1.165, 1.54) is 70.7 Å². The molecule has 0 aliphatic heterocycles. The van der Waals surface area contributed by atoms with Crippen LogP contribution in [0.3, 0.4) is 0 Å². The van der Waals surface area contributed by atoms with Crippen LogP contribution >= 0.6 is 11.3 Å². The van der Waals surface area contributed by atoms with E-state index in [9.17, 15) is 0 Å². The Bertz CT molecular complexity index is 2470. The van der Waals surface area contributed by atoms with Gasteiger partial charge in [0, 0.05) is 37.3 Å². The predicted octanol–water partition coefficient (Wildman–Crippen LogP) is 12.4. The molecular formula is C45H29NS. The van der Waals surface area contributed by atoms with Crippen LogP contribution in [0.4, 0.5) is 17.1 Å². The van der Waals surface area contributed by atoms with Crippen molar-refractivity contribution in [1.29, 1.82) is 0 Å². The normalized spacial score (nSPS) is 15.3. The average molecular weight is 616 g/mol. The van der Waals surface area contributed by atoms with Crippen LogP contribution in [-0.2, 0) is 5.41 Å². The van der Waals surface area contributed by atoms with Gasteiger partial charge in [0.15, 0.2) is 0 Å². The smallest absolute Gasteiger partial charge is 0.0820 e. The molecule has 7 aromatic carbocycles. The molecule has 2 aliphatic carbocycles. The van der Waals surface area contributed by atoms with Gasteiger partial charge in [-0.1, -0.05) is 146 Å². The molecule has 0 bridgehead atoms. The number of para-hydroxylation sites is 2. The van der Waals surface area contributed by atoms with Gasteiger partial charge in [0.05, 0.1) is 16.8 Å². The van der Waals surface area contributed by atoms with Crippen molar-refractivity contribution < 1.29 is 0 Å². The van der Waals surface area contributed by atoms with Gasteiger partial charge in [-0.25, -0.2) is 0 Å². The maximum atomic E-state index is 2.48. The highest BCUT2D eigenvalue weighted by molar-refractivity contribution is 7.20. The van der Waals surface area contributed by atoms with Crippen LogP contribution < -0.4 is 4.90 Å². The lowest BCUT2D eigenvalue weighted by Crippen LogP contribution is -2.25. The van der Waals surface area contributed by atoms with Crippen molar-refractivity contribution in [3.8, 4) is 33.4 Å². The molecule has 1 nitrogen and oxygen atoms in total. The number of rotatable bonds is 4. The van der Waals surface area contributed by atoms with Gasteiger partial charge in [0.2, 0.25) is 0 Å². The van der Waals surface area contributed by atoms with E-state index in [1.807, 2.05) is 11.3 Å². The van der Waals surface area contributed by atoms with Crippen molar-refractivity contribution >= 4 is 38.5 Å². The topological polar surface area (TPSA) is 3.24 Å². The third-order valence-electron chi connectivity index (χ3n) is 10.1. The number of fused-ring (bicyclic) bond motifs is 12. The lowest BCUT2D eigenvalue weighted by molar-refractivity contribution is 0.811. The first-order valence-corrected chi connectivity index (χ1v) is 17.0. The van der Waals surface area contributed by atoms with Gasteiger partial charge >= 0.3 is 0 Å². The molecule has 0 saturated carbocycles. The Hall–Kier alpha value is -5.70. The average Bonchev–Trinajstić information content (AvgIpc) is 3.77. The molecule has 1 aromatic heterocycles. The Labute approximate surface area is 278 Å². The molecule has 0 saturated heterocycles. The summed E-state index contributed by atoms with van der Waals surface area (Å²) in [5, 5.41) is 1.35. The molecule has 8 aromatic rings. The van der Waals surface area contributed by atoms with Gasteiger partial charge in [0.25, 0.3) is 0 Å². The quantitative estimate of drug-likeness (QED) is 0.190. The molecule has 0 N–H and O–H groups in total. The minimum absolute atomic E-state index is 0.390. The van der Waals surface area contributed by atoms with Crippen molar-refractivity contribution in [2.45, 2.75) is 5.41 Å². The molecular weight excluding hydrogens is 587 g/mol. The van der Waals surface area contributed by atoms with E-state index in [-0.39, 0.29) is 0 Å². The Balaban J connectivity index is 1.32. The number of hydrogen-bond acceptors (Lipinski definition) is 2. The molecule has 1 heterocycles. The molecule has 47 heavy (non-hydrogen) atoms. The second-order valence-corrected chi connectivity index (χ2v) is 13.4. The largest absolute Gasteiger partial charge is 0.309 e. The summed E-state index contributed by atoms with van der Waals surface area (Å²) < 4.78 is 1.34. The van der Waals surface area contributed by atoms with E-state index in [1.54, 1.807) is 0 Å². The molecule has 0 fully saturated rings. The zero-order chi connectivity index (χ0) is 31.0. The van der Waals surface area contributed by atoms with Crippen molar-refractivity contribution in [2.75, 3.05) is 4.90 Å². The second kappa shape index (κ2) is 10.2. The standard InChI is InChI=1S/C45H29NS/c1-3-16-30(17-4-1)32-20-9-13-27-39(32)46(31-18-5-2-6-19-31)40-28-15-26-38-43(40)34-22-8-12-25-37(34)45(38)36-24-11-7-21-33(36)42-35-23-10-14-29-41(35)47-44(42)45/h1-29H. The SMILES string of the molecule is c1ccc(-c2ccccc2N(c2ccccc2)c2cccc3c2-c2ccccc2C32c3ccccc3-c3c2sc2ccccc32)cc1. The van der Waals surface area contributed by atoms with Crippen LogP contribution in [0.2, 0.25) is 0 Å². The fourth-order valence-corrected chi connectivity index (χ4v) is 9.72. The summed E-state index contributed by atoms with van der Waals surface area (Å²) in [5.41, 5.74) is 14.9. The Morgan fingerprint density at radius 1 is 0.404 bits per heavy atom. The summed E-state index contributed by atoms with van der Waals surface area (Å²) in [6.45, 7) is 0. The van der Waals surface area contributed by atoms with Crippen LogP contribution in [-0.4, -0.2) is 0 Å². The first kappa shape index (κ1) is 26.5. The summed E-state index contributed by atoms with van der Waals surface area (Å²) in [6.07, 6.45) is 0. The second-order valence-electron chi connectivity index (χ2n) is 12.4. The molecule has 10 rings (SSSR count). The summed E-state index contributed by atoms with van der Waals surface area (Å²) >= 11 is 1.96. The maximum Gasteiger partial charge on any atom is 0.0820 e. The fourth-order valence-electron chi connectivity index (χ4n) is 8.27. The molecule has 1 atom stereocenters. The summed E-state index contributed by atoms with van der Waals surface area (Å²) in [6, 6.07) is 64.6. The van der Waals surface area contributed by atoms with Crippen LogP contribution in [0, 0.1) is 0 Å². The van der Waals surface area contributed by atoms with Crippen LogP contribution in [0.5, 0.6) is 0 Å². The summed E-state index contributed by atoms with van der Waals surface area (Å²) in [4.78, 5) is 3.91. The van der Waals surface area contributed by atoms with Crippen molar-refractivity contribution in [1.82, 2.24) is 0 Å². The number of nitrogens with zero attached hydrogens (tertiary/aromatic N) is 1. The highest BCUT2D eigenvalue weighted by Crippen LogP contribution is 2.67. The van der Waals surface area contributed by atoms with E-state index >= 15 is 0 Å². The highest BCUT2D eigenvalue weighted by Gasteiger charge is 2.54. The van der Waals surface area contributed by atoms with Crippen LogP contribution in [0.1, 0.15) is 21.6 Å². The zero-order valence-electron chi connectivity index (χ0n) is 25.6. The van der Waals surface area contributed by atoms with E-state index in [4.69, 9.17) is 0 Å². The first-order valence-electron chi connectivity index (χ1n) is 16.2. The third-order valence-corrected chi connectivity index (χ3v) is 11.4. The minimum Gasteiger partial charge on any atom is -0.309 e. The molecule has 0 amide bonds. The van der Waals surface area contributed by atoms with E-state index < -0.39 is 5.41 Å². The predicted molar refractivity (Wildman–Crippen MR) is 198 cm³/mol. The Morgan fingerprint density at radius 2 is 0.957 bits per heavy atom. The van der Waals surface area contributed by atoms with Crippen LogP contribution in [0.25, 0.3) is 43.5 Å². The number of thiophene rings is 1. The Kier molecular flexibility index (Phi) is 5.73. The van der Waals surface area contributed by atoms with Crippen molar-refractivity contribution in [3.63, 3.8) is 0 Å². The molecule has 1 spiro atoms. The monoisotopic (exact) mass is 615 g/mol. The lowest BCUT2D eigenvalue weighted by Gasteiger charge is -2.31. The van der Waals surface area contributed by atoms with Crippen LogP contribution in [0.15, 0.2) is 176 Å². The highest BCUT2D eigenvalue weighted by atomic mass is 32.1. The van der Waals surface area contributed by atoms with Gasteiger partial charge < -0.3 is 4.90 Å². The van der Waals surface area contributed by atoms with Crippen molar-refractivity contribution in [3.05, 3.63) is 197 Å². The molecule has 2 aliphatic rings. The van der Waals surface area contributed by atoms with E-state index in [2.05, 4.69) is 181 Å². The van der Waals surface area contributed by atoms with Gasteiger partial charge in [-0.2, -0.15) is 0 Å². The fraction of sp³-hybridized carbons (Fsp3) is 0.0222. The van der Waals surface area contributed by atoms with Gasteiger partial charge in [-0.15, -0.1) is 11.3 Å². The Morgan fingerprint density at radius 3 is 1.72 bits per heavy atom. The number of hydrogen-bond donors (Lipinski definition) is 0. The van der Waals surface area contributed by atoms with Gasteiger partial charge in [0.1, 0.15) is 0 Å². The molecule has 0 radical (unpaired) electrons.